The van der Waals surface area contributed by atoms with Crippen LogP contribution in [0, 0.1) is 0 Å². The van der Waals surface area contributed by atoms with Crippen molar-refractivity contribution in [2.75, 3.05) is 0 Å². The number of hydrogen-bond donors (Lipinski definition) is 2. The molecule has 0 aliphatic heterocycles. The van der Waals surface area contributed by atoms with E-state index in [2.05, 4.69) is 4.72 Å². The predicted molar refractivity (Wildman–Crippen MR) is 72.3 cm³/mol. The van der Waals surface area contributed by atoms with Crippen LogP contribution in [0.15, 0.2) is 39.2 Å². The van der Waals surface area contributed by atoms with E-state index in [9.17, 15) is 8.42 Å². The van der Waals surface area contributed by atoms with Crippen LogP contribution in [0.3, 0.4) is 0 Å². The van der Waals surface area contributed by atoms with Crippen molar-refractivity contribution < 1.29 is 17.9 Å². The first-order valence-corrected chi connectivity index (χ1v) is 8.18. The van der Waals surface area contributed by atoms with Gasteiger partial charge in [-0.2, -0.15) is 0 Å². The first-order valence-electron chi connectivity index (χ1n) is 5.82. The molecule has 19 heavy (non-hydrogen) atoms. The Balaban J connectivity index is 2.20. The Bertz CT molecular complexity index is 616. The summed E-state index contributed by atoms with van der Waals surface area (Å²) in [4.78, 5) is 0.958. The van der Waals surface area contributed by atoms with E-state index in [1.807, 2.05) is 24.4 Å². The van der Waals surface area contributed by atoms with Gasteiger partial charge in [0.05, 0.1) is 6.04 Å². The molecule has 2 N–H and O–H groups in total. The van der Waals surface area contributed by atoms with E-state index in [-0.39, 0.29) is 23.5 Å². The Morgan fingerprint density at radius 2 is 2.21 bits per heavy atom. The van der Waals surface area contributed by atoms with Crippen LogP contribution in [0.4, 0.5) is 0 Å². The molecule has 1 unspecified atom stereocenters. The van der Waals surface area contributed by atoms with E-state index in [0.717, 1.165) is 4.88 Å². The SMILES string of the molecule is CCC(NS(=O)(=O)c1ccc(CO)o1)c1cccs1. The third kappa shape index (κ3) is 3.24. The van der Waals surface area contributed by atoms with Crippen molar-refractivity contribution >= 4 is 21.4 Å². The van der Waals surface area contributed by atoms with E-state index < -0.39 is 10.0 Å². The molecule has 0 saturated heterocycles. The summed E-state index contributed by atoms with van der Waals surface area (Å²) in [5.74, 6) is 0.226. The molecule has 0 aliphatic carbocycles. The lowest BCUT2D eigenvalue weighted by molar-refractivity contribution is 0.236. The number of aliphatic hydroxyl groups excluding tert-OH is 1. The summed E-state index contributed by atoms with van der Waals surface area (Å²) < 4.78 is 32.0. The zero-order chi connectivity index (χ0) is 13.9. The molecule has 104 valence electrons. The van der Waals surface area contributed by atoms with Crippen LogP contribution >= 0.6 is 11.3 Å². The fraction of sp³-hybridized carbons (Fsp3) is 0.333. The average Bonchev–Trinajstić information content (AvgIpc) is 3.06. The Morgan fingerprint density at radius 3 is 2.74 bits per heavy atom. The topological polar surface area (TPSA) is 79.5 Å². The van der Waals surface area contributed by atoms with Gasteiger partial charge in [-0.1, -0.05) is 13.0 Å². The first kappa shape index (κ1) is 14.3. The van der Waals surface area contributed by atoms with Gasteiger partial charge in [-0.3, -0.25) is 0 Å². The second kappa shape index (κ2) is 5.87. The molecule has 0 saturated carbocycles. The quantitative estimate of drug-likeness (QED) is 0.857. The summed E-state index contributed by atoms with van der Waals surface area (Å²) in [5.41, 5.74) is 0. The minimum absolute atomic E-state index is 0.174. The highest BCUT2D eigenvalue weighted by atomic mass is 32.2. The molecule has 0 aliphatic rings. The molecule has 2 aromatic heterocycles. The lowest BCUT2D eigenvalue weighted by Crippen LogP contribution is -2.27. The van der Waals surface area contributed by atoms with Gasteiger partial charge in [-0.15, -0.1) is 11.3 Å². The van der Waals surface area contributed by atoms with Gasteiger partial charge in [0, 0.05) is 4.88 Å². The molecular weight excluding hydrogens is 286 g/mol. The molecule has 2 heterocycles. The fourth-order valence-electron chi connectivity index (χ4n) is 1.67. The van der Waals surface area contributed by atoms with Crippen LogP contribution in [-0.4, -0.2) is 13.5 Å². The van der Waals surface area contributed by atoms with Gasteiger partial charge in [0.1, 0.15) is 12.4 Å². The maximum atomic E-state index is 12.1. The molecule has 0 fully saturated rings. The Hall–Kier alpha value is -1.15. The summed E-state index contributed by atoms with van der Waals surface area (Å²) in [6.45, 7) is 1.59. The number of thiophene rings is 1. The van der Waals surface area contributed by atoms with E-state index in [0.29, 0.717) is 6.42 Å². The lowest BCUT2D eigenvalue weighted by atomic mass is 10.2. The van der Waals surface area contributed by atoms with E-state index >= 15 is 0 Å². The lowest BCUT2D eigenvalue weighted by Gasteiger charge is -2.14. The van der Waals surface area contributed by atoms with Crippen molar-refractivity contribution in [3.8, 4) is 0 Å². The number of nitrogens with one attached hydrogen (secondary N) is 1. The molecule has 1 atom stereocenters. The van der Waals surface area contributed by atoms with Crippen LogP contribution in [-0.2, 0) is 16.6 Å². The number of aliphatic hydroxyl groups is 1. The van der Waals surface area contributed by atoms with Gasteiger partial charge in [0.15, 0.2) is 0 Å². The highest BCUT2D eigenvalue weighted by Crippen LogP contribution is 2.24. The minimum Gasteiger partial charge on any atom is -0.446 e. The molecule has 5 nitrogen and oxygen atoms in total. The van der Waals surface area contributed by atoms with Crippen molar-refractivity contribution in [2.45, 2.75) is 31.1 Å². The largest absolute Gasteiger partial charge is 0.446 e. The van der Waals surface area contributed by atoms with Gasteiger partial charge < -0.3 is 9.52 Å². The highest BCUT2D eigenvalue weighted by molar-refractivity contribution is 7.89. The molecule has 2 aromatic rings. The molecule has 2 rings (SSSR count). The van der Waals surface area contributed by atoms with Gasteiger partial charge >= 0.3 is 0 Å². The van der Waals surface area contributed by atoms with Crippen molar-refractivity contribution in [1.29, 1.82) is 0 Å². The average molecular weight is 301 g/mol. The summed E-state index contributed by atoms with van der Waals surface area (Å²) in [6.07, 6.45) is 0.646. The molecule has 0 spiro atoms. The molecular formula is C12H15NO4S2. The van der Waals surface area contributed by atoms with E-state index in [4.69, 9.17) is 9.52 Å². The standard InChI is InChI=1S/C12H15NO4S2/c1-2-10(11-4-3-7-18-11)13-19(15,16)12-6-5-9(8-14)17-12/h3-7,10,13-14H,2,8H2,1H3. The highest BCUT2D eigenvalue weighted by Gasteiger charge is 2.23. The van der Waals surface area contributed by atoms with E-state index in [1.54, 1.807) is 0 Å². The number of furan rings is 1. The Kier molecular flexibility index (Phi) is 4.41. The summed E-state index contributed by atoms with van der Waals surface area (Å²) in [5, 5.41) is 10.6. The monoisotopic (exact) mass is 301 g/mol. The predicted octanol–water partition coefficient (Wildman–Crippen LogP) is 2.26. The zero-order valence-electron chi connectivity index (χ0n) is 10.4. The second-order valence-corrected chi connectivity index (χ2v) is 6.60. The van der Waals surface area contributed by atoms with Crippen LogP contribution in [0.1, 0.15) is 30.0 Å². The molecule has 0 amide bonds. The van der Waals surface area contributed by atoms with Crippen molar-refractivity contribution in [3.05, 3.63) is 40.3 Å². The van der Waals surface area contributed by atoms with Gasteiger partial charge in [0.2, 0.25) is 5.09 Å². The van der Waals surface area contributed by atoms with Gasteiger partial charge in [-0.25, -0.2) is 13.1 Å². The number of rotatable bonds is 6. The Labute approximate surface area is 115 Å². The second-order valence-electron chi connectivity index (χ2n) is 3.98. The van der Waals surface area contributed by atoms with Crippen LogP contribution in [0.2, 0.25) is 0 Å². The van der Waals surface area contributed by atoms with Crippen LogP contribution in [0.25, 0.3) is 0 Å². The maximum absolute atomic E-state index is 12.1. The Morgan fingerprint density at radius 1 is 1.42 bits per heavy atom. The third-order valence-electron chi connectivity index (χ3n) is 2.65. The molecule has 7 heteroatoms. The van der Waals surface area contributed by atoms with Crippen molar-refractivity contribution in [2.24, 2.45) is 0 Å². The third-order valence-corrected chi connectivity index (χ3v) is 4.98. The zero-order valence-corrected chi connectivity index (χ0v) is 12.0. The summed E-state index contributed by atoms with van der Waals surface area (Å²) in [7, 11) is -3.71. The summed E-state index contributed by atoms with van der Waals surface area (Å²) in [6, 6.07) is 6.29. The maximum Gasteiger partial charge on any atom is 0.274 e. The smallest absolute Gasteiger partial charge is 0.274 e. The molecule has 0 bridgehead atoms. The van der Waals surface area contributed by atoms with Gasteiger partial charge in [0.25, 0.3) is 10.0 Å². The minimum atomic E-state index is -3.71. The number of hydrogen-bond acceptors (Lipinski definition) is 5. The first-order chi connectivity index (χ1) is 9.06. The van der Waals surface area contributed by atoms with Crippen molar-refractivity contribution in [3.63, 3.8) is 0 Å². The van der Waals surface area contributed by atoms with Crippen LogP contribution in [0.5, 0.6) is 0 Å². The van der Waals surface area contributed by atoms with Gasteiger partial charge in [-0.05, 0) is 30.0 Å². The number of sulfonamides is 1. The molecule has 0 radical (unpaired) electrons. The molecule has 0 aromatic carbocycles. The fourth-order valence-corrected chi connectivity index (χ4v) is 3.85. The normalized spacial score (nSPS) is 13.6. The van der Waals surface area contributed by atoms with Crippen molar-refractivity contribution in [1.82, 2.24) is 4.72 Å². The summed E-state index contributed by atoms with van der Waals surface area (Å²) >= 11 is 1.50. The van der Waals surface area contributed by atoms with Crippen LogP contribution < -0.4 is 4.72 Å². The van der Waals surface area contributed by atoms with E-state index in [1.165, 1.54) is 23.5 Å².